The summed E-state index contributed by atoms with van der Waals surface area (Å²) in [6, 6.07) is 2.34. The van der Waals surface area contributed by atoms with E-state index in [0.717, 1.165) is 49.9 Å². The molecule has 2 amide bonds. The lowest BCUT2D eigenvalue weighted by Gasteiger charge is -2.30. The highest BCUT2D eigenvalue weighted by molar-refractivity contribution is 6.01. The Morgan fingerprint density at radius 3 is 2.55 bits per heavy atom. The molecule has 3 unspecified atom stereocenters. The van der Waals surface area contributed by atoms with Gasteiger partial charge in [0.1, 0.15) is 11.9 Å². The predicted molar refractivity (Wildman–Crippen MR) is 110 cm³/mol. The number of rotatable bonds is 7. The van der Waals surface area contributed by atoms with Crippen LogP contribution in [-0.2, 0) is 11.2 Å². The summed E-state index contributed by atoms with van der Waals surface area (Å²) in [5.41, 5.74) is 1.37. The number of carbonyl (C=O) groups excluding carboxylic acids is 2. The molecule has 1 saturated carbocycles. The van der Waals surface area contributed by atoms with Crippen LogP contribution < -0.4 is 4.90 Å². The predicted octanol–water partition coefficient (Wildman–Crippen LogP) is 3.45. The van der Waals surface area contributed by atoms with Gasteiger partial charge in [-0.2, -0.15) is 10.4 Å². The van der Waals surface area contributed by atoms with Gasteiger partial charge in [-0.05, 0) is 44.9 Å². The fraction of sp³-hybridized carbons (Fsp3) is 0.727. The van der Waals surface area contributed by atoms with Gasteiger partial charge in [0, 0.05) is 24.6 Å². The van der Waals surface area contributed by atoms with Crippen molar-refractivity contribution < 1.29 is 9.59 Å². The molecule has 0 bridgehead atoms. The number of aromatic nitrogens is 2. The molecule has 29 heavy (non-hydrogen) atoms. The van der Waals surface area contributed by atoms with E-state index in [9.17, 15) is 14.9 Å². The van der Waals surface area contributed by atoms with Gasteiger partial charge in [-0.25, -0.2) is 4.68 Å². The van der Waals surface area contributed by atoms with E-state index in [0.29, 0.717) is 31.0 Å². The molecule has 0 spiro atoms. The highest BCUT2D eigenvalue weighted by Gasteiger charge is 2.55. The van der Waals surface area contributed by atoms with E-state index < -0.39 is 0 Å². The largest absolute Gasteiger partial charge is 0.318 e. The van der Waals surface area contributed by atoms with Crippen LogP contribution in [0.15, 0.2) is 0 Å². The molecule has 7 heteroatoms. The van der Waals surface area contributed by atoms with Gasteiger partial charge in [0.25, 0.3) is 5.91 Å². The number of anilines is 1. The molecule has 0 aromatic carbocycles. The summed E-state index contributed by atoms with van der Waals surface area (Å²) in [7, 11) is 0. The van der Waals surface area contributed by atoms with Crippen LogP contribution in [0.2, 0.25) is 0 Å². The number of hydrogen-bond donors (Lipinski definition) is 0. The number of likely N-dealkylation sites (tertiary alicyclic amines) is 1. The Hall–Kier alpha value is -2.36. The summed E-state index contributed by atoms with van der Waals surface area (Å²) < 4.78 is 1.97. The summed E-state index contributed by atoms with van der Waals surface area (Å²) in [4.78, 5) is 29.7. The Morgan fingerprint density at radius 1 is 1.21 bits per heavy atom. The number of nitriles is 1. The Bertz CT molecular complexity index is 848. The third-order valence-electron chi connectivity index (χ3n) is 6.72. The first-order chi connectivity index (χ1) is 14.0. The average Bonchev–Trinajstić information content (AvgIpc) is 3.21. The first kappa shape index (κ1) is 19.9. The molecule has 2 fully saturated rings. The zero-order valence-corrected chi connectivity index (χ0v) is 17.7. The topological polar surface area (TPSA) is 82.2 Å². The highest BCUT2D eigenvalue weighted by atomic mass is 16.2. The SMILES string of the molecule is CCCC(CCC)n1nc(C(=O)N2C(C#N)CC3CC32)c2c1N(CC)C(=O)CC2. The summed E-state index contributed by atoms with van der Waals surface area (Å²) in [6.07, 6.45) is 6.73. The Kier molecular flexibility index (Phi) is 5.37. The van der Waals surface area contributed by atoms with Crippen LogP contribution in [0.25, 0.3) is 0 Å². The molecule has 0 radical (unpaired) electrons. The lowest BCUT2D eigenvalue weighted by Crippen LogP contribution is -2.39. The summed E-state index contributed by atoms with van der Waals surface area (Å²) in [5.74, 6) is 1.28. The normalized spacial score (nSPS) is 25.2. The number of piperidine rings is 1. The number of nitrogens with zero attached hydrogens (tertiary/aromatic N) is 5. The van der Waals surface area contributed by atoms with Gasteiger partial charge in [-0.1, -0.05) is 26.7 Å². The second kappa shape index (κ2) is 7.81. The molecular weight excluding hydrogens is 366 g/mol. The monoisotopic (exact) mass is 397 g/mol. The van der Waals surface area contributed by atoms with E-state index in [1.807, 2.05) is 11.6 Å². The Labute approximate surface area is 172 Å². The van der Waals surface area contributed by atoms with Crippen molar-refractivity contribution in [2.45, 2.75) is 90.3 Å². The average molecular weight is 398 g/mol. The van der Waals surface area contributed by atoms with Crippen molar-refractivity contribution in [3.05, 3.63) is 11.3 Å². The van der Waals surface area contributed by atoms with Crippen LogP contribution in [0.4, 0.5) is 5.82 Å². The van der Waals surface area contributed by atoms with Gasteiger partial charge in [-0.3, -0.25) is 14.5 Å². The molecule has 156 valence electrons. The van der Waals surface area contributed by atoms with Gasteiger partial charge >= 0.3 is 0 Å². The number of fused-ring (bicyclic) bond motifs is 2. The van der Waals surface area contributed by atoms with Gasteiger partial charge < -0.3 is 4.90 Å². The molecule has 1 saturated heterocycles. The van der Waals surface area contributed by atoms with Crippen molar-refractivity contribution >= 4 is 17.6 Å². The molecule has 0 N–H and O–H groups in total. The fourth-order valence-corrected chi connectivity index (χ4v) is 5.26. The van der Waals surface area contributed by atoms with Crippen molar-refractivity contribution in [3.8, 4) is 6.07 Å². The Morgan fingerprint density at radius 2 is 1.93 bits per heavy atom. The van der Waals surface area contributed by atoms with E-state index in [4.69, 9.17) is 5.10 Å². The third kappa shape index (κ3) is 3.23. The first-order valence-corrected chi connectivity index (χ1v) is 11.2. The molecule has 3 atom stereocenters. The van der Waals surface area contributed by atoms with Gasteiger partial charge in [0.05, 0.1) is 12.1 Å². The molecule has 1 aromatic rings. The van der Waals surface area contributed by atoms with Crippen molar-refractivity contribution in [2.24, 2.45) is 5.92 Å². The number of amides is 2. The number of hydrogen-bond acceptors (Lipinski definition) is 4. The molecule has 7 nitrogen and oxygen atoms in total. The third-order valence-corrected chi connectivity index (χ3v) is 6.72. The first-order valence-electron chi connectivity index (χ1n) is 11.2. The smallest absolute Gasteiger partial charge is 0.276 e. The lowest BCUT2D eigenvalue weighted by atomic mass is 10.0. The van der Waals surface area contributed by atoms with Crippen molar-refractivity contribution in [2.75, 3.05) is 11.4 Å². The maximum atomic E-state index is 13.5. The quantitative estimate of drug-likeness (QED) is 0.705. The van der Waals surface area contributed by atoms with Crippen LogP contribution in [0.3, 0.4) is 0 Å². The summed E-state index contributed by atoms with van der Waals surface area (Å²) in [5, 5.41) is 14.4. The maximum absolute atomic E-state index is 13.5. The number of carbonyl (C=O) groups is 2. The fourth-order valence-electron chi connectivity index (χ4n) is 5.26. The minimum Gasteiger partial charge on any atom is -0.318 e. The van der Waals surface area contributed by atoms with E-state index >= 15 is 0 Å². The van der Waals surface area contributed by atoms with Crippen LogP contribution in [-0.4, -0.2) is 45.1 Å². The second-order valence-electron chi connectivity index (χ2n) is 8.62. The molecule has 4 rings (SSSR count). The van der Waals surface area contributed by atoms with Crippen LogP contribution in [0.5, 0.6) is 0 Å². The van der Waals surface area contributed by atoms with E-state index in [2.05, 4.69) is 19.9 Å². The van der Waals surface area contributed by atoms with E-state index in [-0.39, 0.29) is 29.9 Å². The lowest BCUT2D eigenvalue weighted by molar-refractivity contribution is -0.118. The Balaban J connectivity index is 1.79. The van der Waals surface area contributed by atoms with Crippen LogP contribution in [0, 0.1) is 17.2 Å². The maximum Gasteiger partial charge on any atom is 0.276 e. The summed E-state index contributed by atoms with van der Waals surface area (Å²) >= 11 is 0. The zero-order valence-electron chi connectivity index (χ0n) is 17.7. The second-order valence-corrected chi connectivity index (χ2v) is 8.62. The highest BCUT2D eigenvalue weighted by Crippen LogP contribution is 2.48. The summed E-state index contributed by atoms with van der Waals surface area (Å²) in [6.45, 7) is 6.86. The van der Waals surface area contributed by atoms with E-state index in [1.54, 1.807) is 9.80 Å². The van der Waals surface area contributed by atoms with Crippen molar-refractivity contribution in [3.63, 3.8) is 0 Å². The van der Waals surface area contributed by atoms with Crippen molar-refractivity contribution in [1.82, 2.24) is 14.7 Å². The molecular formula is C22H31N5O2. The molecule has 1 aromatic heterocycles. The molecule has 3 heterocycles. The van der Waals surface area contributed by atoms with Gasteiger partial charge in [0.2, 0.25) is 5.91 Å². The zero-order chi connectivity index (χ0) is 20.7. The van der Waals surface area contributed by atoms with Gasteiger partial charge in [0.15, 0.2) is 5.69 Å². The van der Waals surface area contributed by atoms with Crippen molar-refractivity contribution in [1.29, 1.82) is 5.26 Å². The van der Waals surface area contributed by atoms with E-state index in [1.165, 1.54) is 0 Å². The molecule has 3 aliphatic rings. The minimum atomic E-state index is -0.346. The van der Waals surface area contributed by atoms with Crippen LogP contribution in [0.1, 0.15) is 87.8 Å². The minimum absolute atomic E-state index is 0.102. The molecule has 1 aliphatic carbocycles. The standard InChI is InChI=1S/C22H31N5O2/c1-4-7-15(8-5-2)27-21-17(9-10-19(28)25(21)6-3)20(24-27)22(29)26-16(13-23)11-14-12-18(14)26/h14-16,18H,4-12H2,1-3H3. The van der Waals surface area contributed by atoms with Gasteiger partial charge in [-0.15, -0.1) is 0 Å². The molecule has 2 aliphatic heterocycles. The van der Waals surface area contributed by atoms with Crippen LogP contribution >= 0.6 is 0 Å².